The second-order valence-corrected chi connectivity index (χ2v) is 5.94. The molecule has 0 aromatic heterocycles. The Morgan fingerprint density at radius 2 is 1.88 bits per heavy atom. The third-order valence-corrected chi connectivity index (χ3v) is 4.17. The van der Waals surface area contributed by atoms with Crippen molar-refractivity contribution >= 4 is 5.69 Å². The molecule has 0 fully saturated rings. The Kier molecular flexibility index (Phi) is 5.08. The van der Waals surface area contributed by atoms with Crippen LogP contribution < -0.4 is 4.74 Å². The SMILES string of the molecule is O=[N+]([O-])c1ccccc1OCC(O)CN1CCc2ccccc2C1. The predicted molar refractivity (Wildman–Crippen MR) is 90.0 cm³/mol. The summed E-state index contributed by atoms with van der Waals surface area (Å²) in [5.74, 6) is 0.186. The van der Waals surface area contributed by atoms with Gasteiger partial charge < -0.3 is 9.84 Å². The lowest BCUT2D eigenvalue weighted by Crippen LogP contribution is -2.38. The van der Waals surface area contributed by atoms with E-state index in [-0.39, 0.29) is 18.0 Å². The van der Waals surface area contributed by atoms with Crippen molar-refractivity contribution in [3.8, 4) is 5.75 Å². The molecule has 0 saturated carbocycles. The fourth-order valence-electron chi connectivity index (χ4n) is 2.98. The maximum atomic E-state index is 11.0. The maximum Gasteiger partial charge on any atom is 0.310 e. The molecule has 0 spiro atoms. The number of rotatable bonds is 6. The minimum atomic E-state index is -0.699. The fraction of sp³-hybridized carbons (Fsp3) is 0.333. The van der Waals surface area contributed by atoms with Gasteiger partial charge in [-0.25, -0.2) is 0 Å². The van der Waals surface area contributed by atoms with E-state index in [0.717, 1.165) is 19.5 Å². The van der Waals surface area contributed by atoms with E-state index in [2.05, 4.69) is 17.0 Å². The number of nitrogens with zero attached hydrogens (tertiary/aromatic N) is 2. The summed E-state index contributed by atoms with van der Waals surface area (Å²) in [6, 6.07) is 14.5. The van der Waals surface area contributed by atoms with Gasteiger partial charge in [-0.15, -0.1) is 0 Å². The van der Waals surface area contributed by atoms with Gasteiger partial charge in [0.25, 0.3) is 0 Å². The number of benzene rings is 2. The number of hydrogen-bond acceptors (Lipinski definition) is 5. The van der Waals surface area contributed by atoms with Crippen LogP contribution in [0.1, 0.15) is 11.1 Å². The summed E-state index contributed by atoms with van der Waals surface area (Å²) in [6.07, 6.45) is 0.267. The minimum absolute atomic E-state index is 0.0308. The summed E-state index contributed by atoms with van der Waals surface area (Å²) in [7, 11) is 0. The summed E-state index contributed by atoms with van der Waals surface area (Å²) >= 11 is 0. The first-order chi connectivity index (χ1) is 11.6. The fourth-order valence-corrected chi connectivity index (χ4v) is 2.98. The zero-order chi connectivity index (χ0) is 16.9. The van der Waals surface area contributed by atoms with Crippen molar-refractivity contribution < 1.29 is 14.8 Å². The molecule has 2 aromatic carbocycles. The van der Waals surface area contributed by atoms with Crippen LogP contribution in [-0.2, 0) is 13.0 Å². The highest BCUT2D eigenvalue weighted by Crippen LogP contribution is 2.26. The molecule has 0 bridgehead atoms. The Morgan fingerprint density at radius 1 is 1.17 bits per heavy atom. The Morgan fingerprint density at radius 3 is 2.67 bits per heavy atom. The minimum Gasteiger partial charge on any atom is -0.484 e. The number of nitro groups is 1. The number of aliphatic hydroxyl groups is 1. The normalized spacial score (nSPS) is 15.5. The van der Waals surface area contributed by atoms with Gasteiger partial charge in [0.15, 0.2) is 5.75 Å². The van der Waals surface area contributed by atoms with Crippen LogP contribution >= 0.6 is 0 Å². The Labute approximate surface area is 140 Å². The summed E-state index contributed by atoms with van der Waals surface area (Å²) in [4.78, 5) is 12.6. The maximum absolute atomic E-state index is 11.0. The molecule has 2 aromatic rings. The van der Waals surface area contributed by atoms with Crippen LogP contribution in [-0.4, -0.2) is 40.7 Å². The Hall–Kier alpha value is -2.44. The molecule has 24 heavy (non-hydrogen) atoms. The molecule has 6 heteroatoms. The average Bonchev–Trinajstić information content (AvgIpc) is 2.60. The van der Waals surface area contributed by atoms with Crippen LogP contribution in [0.3, 0.4) is 0 Å². The van der Waals surface area contributed by atoms with Crippen molar-refractivity contribution in [1.82, 2.24) is 4.90 Å². The van der Waals surface area contributed by atoms with Crippen molar-refractivity contribution in [2.75, 3.05) is 19.7 Å². The van der Waals surface area contributed by atoms with E-state index in [9.17, 15) is 15.2 Å². The predicted octanol–water partition coefficient (Wildman–Crippen LogP) is 2.39. The van der Waals surface area contributed by atoms with Crippen molar-refractivity contribution in [1.29, 1.82) is 0 Å². The average molecular weight is 328 g/mol. The number of fused-ring (bicyclic) bond motifs is 1. The zero-order valence-corrected chi connectivity index (χ0v) is 13.3. The number of ether oxygens (including phenoxy) is 1. The third-order valence-electron chi connectivity index (χ3n) is 4.17. The molecule has 1 aliphatic heterocycles. The van der Waals surface area contributed by atoms with Gasteiger partial charge in [-0.3, -0.25) is 15.0 Å². The summed E-state index contributed by atoms with van der Waals surface area (Å²) in [5.41, 5.74) is 2.56. The molecule has 0 radical (unpaired) electrons. The lowest BCUT2D eigenvalue weighted by molar-refractivity contribution is -0.385. The molecule has 1 heterocycles. The van der Waals surface area contributed by atoms with Gasteiger partial charge >= 0.3 is 5.69 Å². The molecule has 3 rings (SSSR count). The molecule has 1 aliphatic rings. The number of hydrogen-bond donors (Lipinski definition) is 1. The molecule has 6 nitrogen and oxygen atoms in total. The molecule has 1 atom stereocenters. The second-order valence-electron chi connectivity index (χ2n) is 5.94. The van der Waals surface area contributed by atoms with E-state index in [1.54, 1.807) is 18.2 Å². The molecular formula is C18H20N2O4. The monoisotopic (exact) mass is 328 g/mol. The molecule has 1 N–H and O–H groups in total. The van der Waals surface area contributed by atoms with Gasteiger partial charge in [-0.2, -0.15) is 0 Å². The number of nitro benzene ring substituents is 1. The van der Waals surface area contributed by atoms with Crippen LogP contribution in [0.2, 0.25) is 0 Å². The van der Waals surface area contributed by atoms with Crippen LogP contribution in [0, 0.1) is 10.1 Å². The highest BCUT2D eigenvalue weighted by molar-refractivity contribution is 5.45. The van der Waals surface area contributed by atoms with Crippen molar-refractivity contribution in [2.24, 2.45) is 0 Å². The molecular weight excluding hydrogens is 308 g/mol. The van der Waals surface area contributed by atoms with Gasteiger partial charge in [-0.1, -0.05) is 36.4 Å². The summed E-state index contributed by atoms with van der Waals surface area (Å²) < 4.78 is 5.45. The topological polar surface area (TPSA) is 75.8 Å². The lowest BCUT2D eigenvalue weighted by Gasteiger charge is -2.30. The van der Waals surface area contributed by atoms with Crippen LogP contribution in [0.15, 0.2) is 48.5 Å². The highest BCUT2D eigenvalue weighted by Gasteiger charge is 2.20. The standard InChI is InChI=1S/C18H20N2O4/c21-16(13-24-18-8-4-3-7-17(18)20(22)23)12-19-10-9-14-5-1-2-6-15(14)11-19/h1-8,16,21H,9-13H2. The molecule has 0 aliphatic carbocycles. The zero-order valence-electron chi connectivity index (χ0n) is 13.3. The van der Waals surface area contributed by atoms with Gasteiger partial charge in [0.1, 0.15) is 12.7 Å². The molecule has 0 amide bonds. The van der Waals surface area contributed by atoms with Crippen molar-refractivity contribution in [2.45, 2.75) is 19.1 Å². The quantitative estimate of drug-likeness (QED) is 0.651. The van der Waals surface area contributed by atoms with E-state index in [0.29, 0.717) is 6.54 Å². The Bertz CT molecular complexity index is 720. The van der Waals surface area contributed by atoms with E-state index in [4.69, 9.17) is 4.74 Å². The van der Waals surface area contributed by atoms with Crippen molar-refractivity contribution in [3.05, 3.63) is 69.8 Å². The largest absolute Gasteiger partial charge is 0.484 e. The van der Waals surface area contributed by atoms with Crippen LogP contribution in [0.4, 0.5) is 5.69 Å². The highest BCUT2D eigenvalue weighted by atomic mass is 16.6. The van der Waals surface area contributed by atoms with Gasteiger partial charge in [0.05, 0.1) is 4.92 Å². The number of aliphatic hydroxyl groups excluding tert-OH is 1. The second kappa shape index (κ2) is 7.42. The van der Waals surface area contributed by atoms with Gasteiger partial charge in [0, 0.05) is 25.7 Å². The summed E-state index contributed by atoms with van der Waals surface area (Å²) in [5, 5.41) is 21.2. The van der Waals surface area contributed by atoms with Crippen LogP contribution in [0.25, 0.3) is 0 Å². The van der Waals surface area contributed by atoms with Crippen LogP contribution in [0.5, 0.6) is 5.75 Å². The Balaban J connectivity index is 1.54. The smallest absolute Gasteiger partial charge is 0.310 e. The first-order valence-electron chi connectivity index (χ1n) is 7.97. The molecule has 1 unspecified atom stereocenters. The lowest BCUT2D eigenvalue weighted by atomic mass is 10.00. The first-order valence-corrected chi connectivity index (χ1v) is 7.97. The van der Waals surface area contributed by atoms with E-state index < -0.39 is 11.0 Å². The summed E-state index contributed by atoms with van der Waals surface area (Å²) in [6.45, 7) is 2.20. The molecule has 0 saturated heterocycles. The van der Waals surface area contributed by atoms with Gasteiger partial charge in [-0.05, 0) is 23.6 Å². The van der Waals surface area contributed by atoms with E-state index in [1.165, 1.54) is 17.2 Å². The van der Waals surface area contributed by atoms with Crippen molar-refractivity contribution in [3.63, 3.8) is 0 Å². The number of para-hydroxylation sites is 2. The molecule has 126 valence electrons. The first kappa shape index (κ1) is 16.4. The van der Waals surface area contributed by atoms with E-state index in [1.807, 2.05) is 12.1 Å². The number of β-amino-alcohol motifs (C(OH)–C–C–N with tert-alkyl or cyclic N) is 1. The van der Waals surface area contributed by atoms with E-state index >= 15 is 0 Å². The third kappa shape index (κ3) is 3.90. The van der Waals surface area contributed by atoms with Gasteiger partial charge in [0.2, 0.25) is 0 Å².